The quantitative estimate of drug-likeness (QED) is 0.549. The van der Waals surface area contributed by atoms with Gasteiger partial charge >= 0.3 is 0 Å². The van der Waals surface area contributed by atoms with Crippen LogP contribution in [0.1, 0.15) is 58.6 Å². The predicted molar refractivity (Wildman–Crippen MR) is 128 cm³/mol. The van der Waals surface area contributed by atoms with Gasteiger partial charge in [0, 0.05) is 16.6 Å². The van der Waals surface area contributed by atoms with Gasteiger partial charge in [-0.1, -0.05) is 54.0 Å². The first-order chi connectivity index (χ1) is 14.5. The number of hydrogen-bond donors (Lipinski definition) is 1. The first kappa shape index (κ1) is 24.9. The van der Waals surface area contributed by atoms with Gasteiger partial charge in [0.15, 0.2) is 6.61 Å². The highest BCUT2D eigenvalue weighted by molar-refractivity contribution is 9.10. The summed E-state index contributed by atoms with van der Waals surface area (Å²) >= 11 is 3.46. The van der Waals surface area contributed by atoms with Crippen LogP contribution in [0, 0.1) is 0 Å². The van der Waals surface area contributed by atoms with E-state index in [1.807, 2.05) is 69.3 Å². The molecule has 2 aromatic carbocycles. The second-order valence-corrected chi connectivity index (χ2v) is 9.99. The summed E-state index contributed by atoms with van der Waals surface area (Å²) in [6, 6.07) is 14.8. The molecule has 31 heavy (non-hydrogen) atoms. The lowest BCUT2D eigenvalue weighted by molar-refractivity contribution is -0.142. The number of amides is 2. The first-order valence-electron chi connectivity index (χ1n) is 10.5. The zero-order chi connectivity index (χ0) is 23.2. The Morgan fingerprint density at radius 1 is 1.06 bits per heavy atom. The van der Waals surface area contributed by atoms with Crippen molar-refractivity contribution in [3.8, 4) is 5.75 Å². The molecular weight excluding hydrogens is 456 g/mol. The largest absolute Gasteiger partial charge is 0.484 e. The lowest BCUT2D eigenvalue weighted by Gasteiger charge is -2.31. The van der Waals surface area contributed by atoms with E-state index in [2.05, 4.69) is 35.1 Å². The number of nitrogens with one attached hydrogen (secondary N) is 1. The van der Waals surface area contributed by atoms with E-state index < -0.39 is 6.04 Å². The van der Waals surface area contributed by atoms with Gasteiger partial charge in [-0.05, 0) is 69.0 Å². The fraction of sp³-hybridized carbons (Fsp3) is 0.440. The summed E-state index contributed by atoms with van der Waals surface area (Å²) in [5, 5.41) is 2.96. The van der Waals surface area contributed by atoms with Crippen molar-refractivity contribution in [2.24, 2.45) is 0 Å². The third kappa shape index (κ3) is 8.02. The Morgan fingerprint density at radius 2 is 1.71 bits per heavy atom. The molecule has 0 fully saturated rings. The van der Waals surface area contributed by atoms with Crippen molar-refractivity contribution in [2.75, 3.05) is 6.61 Å². The van der Waals surface area contributed by atoms with Crippen LogP contribution < -0.4 is 10.1 Å². The maximum absolute atomic E-state index is 13.1. The number of nitrogens with zero attached hydrogens (tertiary/aromatic N) is 1. The number of carbonyl (C=O) groups is 2. The highest BCUT2D eigenvalue weighted by atomic mass is 79.9. The summed E-state index contributed by atoms with van der Waals surface area (Å²) in [6.45, 7) is 11.9. The maximum atomic E-state index is 13.1. The van der Waals surface area contributed by atoms with E-state index in [-0.39, 0.29) is 24.0 Å². The van der Waals surface area contributed by atoms with Gasteiger partial charge in [-0.2, -0.15) is 0 Å². The van der Waals surface area contributed by atoms with Crippen molar-refractivity contribution in [1.29, 1.82) is 0 Å². The summed E-state index contributed by atoms with van der Waals surface area (Å²) in [5.74, 6) is 0.618. The Kier molecular flexibility index (Phi) is 8.69. The SMILES string of the molecule is CC(C)c1ccc(OCC(=O)N(Cc2cccc(Br)c2)[C@@H](C)C(=O)NC(C)(C)C)cc1. The third-order valence-corrected chi connectivity index (χ3v) is 5.31. The van der Waals surface area contributed by atoms with E-state index in [0.29, 0.717) is 18.2 Å². The molecule has 2 aromatic rings. The van der Waals surface area contributed by atoms with Crippen molar-refractivity contribution in [1.82, 2.24) is 10.2 Å². The third-order valence-electron chi connectivity index (χ3n) is 4.82. The van der Waals surface area contributed by atoms with E-state index in [9.17, 15) is 9.59 Å². The second kappa shape index (κ2) is 10.8. The smallest absolute Gasteiger partial charge is 0.261 e. The maximum Gasteiger partial charge on any atom is 0.261 e. The molecule has 0 unspecified atom stereocenters. The number of halogens is 1. The van der Waals surface area contributed by atoms with Crippen LogP contribution in [0.25, 0.3) is 0 Å². The topological polar surface area (TPSA) is 58.6 Å². The van der Waals surface area contributed by atoms with Crippen molar-refractivity contribution < 1.29 is 14.3 Å². The molecule has 0 aliphatic heterocycles. The minimum atomic E-state index is -0.641. The van der Waals surface area contributed by atoms with Crippen LogP contribution >= 0.6 is 15.9 Å². The Bertz CT molecular complexity index is 888. The van der Waals surface area contributed by atoms with Crippen molar-refractivity contribution in [2.45, 2.75) is 65.6 Å². The van der Waals surface area contributed by atoms with Crippen LogP contribution in [0.2, 0.25) is 0 Å². The monoisotopic (exact) mass is 488 g/mol. The van der Waals surface area contributed by atoms with Crippen LogP contribution in [0.4, 0.5) is 0 Å². The minimum absolute atomic E-state index is 0.137. The fourth-order valence-corrected chi connectivity index (χ4v) is 3.51. The minimum Gasteiger partial charge on any atom is -0.484 e. The molecule has 168 valence electrons. The van der Waals surface area contributed by atoms with E-state index in [1.165, 1.54) is 5.56 Å². The van der Waals surface area contributed by atoms with Gasteiger partial charge in [-0.25, -0.2) is 0 Å². The van der Waals surface area contributed by atoms with Crippen LogP contribution in [-0.4, -0.2) is 34.9 Å². The summed E-state index contributed by atoms with van der Waals surface area (Å²) < 4.78 is 6.67. The molecule has 0 aliphatic carbocycles. The summed E-state index contributed by atoms with van der Waals surface area (Å²) in [7, 11) is 0. The number of rotatable bonds is 8. The lowest BCUT2D eigenvalue weighted by atomic mass is 10.0. The average molecular weight is 489 g/mol. The summed E-state index contributed by atoms with van der Waals surface area (Å²) in [5.41, 5.74) is 1.76. The van der Waals surface area contributed by atoms with E-state index in [4.69, 9.17) is 4.74 Å². The van der Waals surface area contributed by atoms with E-state index >= 15 is 0 Å². The average Bonchev–Trinajstić information content (AvgIpc) is 2.68. The Balaban J connectivity index is 2.15. The van der Waals surface area contributed by atoms with Gasteiger partial charge in [0.25, 0.3) is 5.91 Å². The van der Waals surface area contributed by atoms with Crippen LogP contribution in [0.3, 0.4) is 0 Å². The normalized spacial score (nSPS) is 12.4. The Labute approximate surface area is 194 Å². The van der Waals surface area contributed by atoms with Crippen molar-refractivity contribution in [3.63, 3.8) is 0 Å². The number of hydrogen-bond acceptors (Lipinski definition) is 3. The summed E-state index contributed by atoms with van der Waals surface area (Å²) in [4.78, 5) is 27.4. The van der Waals surface area contributed by atoms with Crippen molar-refractivity contribution in [3.05, 3.63) is 64.1 Å². The molecule has 6 heteroatoms. The fourth-order valence-electron chi connectivity index (χ4n) is 3.07. The van der Waals surface area contributed by atoms with Crippen LogP contribution in [0.5, 0.6) is 5.75 Å². The summed E-state index contributed by atoms with van der Waals surface area (Å²) in [6.07, 6.45) is 0. The van der Waals surface area contributed by atoms with Crippen LogP contribution in [0.15, 0.2) is 53.0 Å². The Morgan fingerprint density at radius 3 is 2.26 bits per heavy atom. The number of ether oxygens (including phenoxy) is 1. The Hall–Kier alpha value is -2.34. The molecule has 2 rings (SSSR count). The van der Waals surface area contributed by atoms with Gasteiger partial charge < -0.3 is 15.0 Å². The van der Waals surface area contributed by atoms with Gasteiger partial charge in [0.1, 0.15) is 11.8 Å². The molecule has 1 atom stereocenters. The van der Waals surface area contributed by atoms with Gasteiger partial charge in [-0.15, -0.1) is 0 Å². The molecule has 0 aliphatic rings. The molecule has 1 N–H and O–H groups in total. The molecule has 0 saturated carbocycles. The van der Waals surface area contributed by atoms with Gasteiger partial charge in [0.05, 0.1) is 0 Å². The standard InChI is InChI=1S/C25H33BrN2O3/c1-17(2)20-10-12-22(13-11-20)31-16-23(29)28(15-19-8-7-9-21(26)14-19)18(3)24(30)27-25(4,5)6/h7-14,17-18H,15-16H2,1-6H3,(H,27,30)/t18-/m0/s1. The first-order valence-corrected chi connectivity index (χ1v) is 11.3. The molecule has 5 nitrogen and oxygen atoms in total. The molecular formula is C25H33BrN2O3. The molecule has 2 amide bonds. The van der Waals surface area contributed by atoms with Gasteiger partial charge in [-0.3, -0.25) is 9.59 Å². The molecule has 0 bridgehead atoms. The molecule has 0 spiro atoms. The van der Waals surface area contributed by atoms with E-state index in [1.54, 1.807) is 11.8 Å². The predicted octanol–water partition coefficient (Wildman–Crippen LogP) is 5.28. The van der Waals surface area contributed by atoms with E-state index in [0.717, 1.165) is 10.0 Å². The highest BCUT2D eigenvalue weighted by Gasteiger charge is 2.28. The highest BCUT2D eigenvalue weighted by Crippen LogP contribution is 2.19. The molecule has 0 heterocycles. The number of benzene rings is 2. The lowest BCUT2D eigenvalue weighted by Crippen LogP contribution is -2.53. The van der Waals surface area contributed by atoms with Crippen molar-refractivity contribution >= 4 is 27.7 Å². The van der Waals surface area contributed by atoms with Crippen LogP contribution in [-0.2, 0) is 16.1 Å². The molecule has 0 aromatic heterocycles. The molecule has 0 saturated heterocycles. The number of carbonyl (C=O) groups excluding carboxylic acids is 2. The molecule has 0 radical (unpaired) electrons. The zero-order valence-corrected chi connectivity index (χ0v) is 20.8. The van der Waals surface area contributed by atoms with Gasteiger partial charge in [0.2, 0.25) is 5.91 Å². The zero-order valence-electron chi connectivity index (χ0n) is 19.2. The second-order valence-electron chi connectivity index (χ2n) is 9.08.